The fourth-order valence-corrected chi connectivity index (χ4v) is 3.18. The summed E-state index contributed by atoms with van der Waals surface area (Å²) in [5.74, 6) is 0.725. The van der Waals surface area contributed by atoms with Gasteiger partial charge in [-0.05, 0) is 24.1 Å². The first kappa shape index (κ1) is 17.4. The number of rotatable bonds is 5. The largest absolute Gasteiger partial charge is 0.326 e. The quantitative estimate of drug-likeness (QED) is 0.875. The zero-order valence-corrected chi connectivity index (χ0v) is 14.8. The molecular weight excluding hydrogens is 316 g/mol. The van der Waals surface area contributed by atoms with Gasteiger partial charge in [-0.15, -0.1) is 0 Å². The number of aryl methyl sites for hydroxylation is 1. The van der Waals surface area contributed by atoms with Crippen molar-refractivity contribution in [2.45, 2.75) is 46.2 Å². The molecule has 0 atom stereocenters. The van der Waals surface area contributed by atoms with Crippen LogP contribution in [0.1, 0.15) is 42.9 Å². The zero-order valence-electron chi connectivity index (χ0n) is 14.8. The number of anilines is 1. The van der Waals surface area contributed by atoms with Crippen molar-refractivity contribution in [1.29, 1.82) is 0 Å². The molecule has 25 heavy (non-hydrogen) atoms. The molecule has 0 aliphatic carbocycles. The van der Waals surface area contributed by atoms with Gasteiger partial charge in [-0.25, -0.2) is 4.98 Å². The summed E-state index contributed by atoms with van der Waals surface area (Å²) in [5.41, 5.74) is 3.69. The molecule has 0 saturated heterocycles. The summed E-state index contributed by atoms with van der Waals surface area (Å²) in [5, 5.41) is 2.77. The predicted octanol–water partition coefficient (Wildman–Crippen LogP) is 2.24. The van der Waals surface area contributed by atoms with Crippen LogP contribution in [0, 0.1) is 0 Å². The fraction of sp³-hybridized carbons (Fsp3) is 0.421. The van der Waals surface area contributed by atoms with Crippen molar-refractivity contribution in [2.24, 2.45) is 0 Å². The van der Waals surface area contributed by atoms with Crippen molar-refractivity contribution in [2.75, 3.05) is 11.9 Å². The number of carbonyl (C=O) groups excluding carboxylic acids is 1. The maximum Gasteiger partial charge on any atom is 0.255 e. The predicted molar refractivity (Wildman–Crippen MR) is 97.4 cm³/mol. The van der Waals surface area contributed by atoms with Crippen molar-refractivity contribution in [3.05, 3.63) is 57.3 Å². The molecule has 1 aliphatic heterocycles. The summed E-state index contributed by atoms with van der Waals surface area (Å²) in [6, 6.07) is 7.82. The van der Waals surface area contributed by atoms with E-state index < -0.39 is 0 Å². The van der Waals surface area contributed by atoms with E-state index >= 15 is 0 Å². The minimum absolute atomic E-state index is 0.000781. The molecule has 1 amide bonds. The standard InChI is InChI=1S/C19H24N4O2/c1-3-4-18-21-17-9-10-23(12-16(17)19(25)22-18)11-14-5-7-15(8-6-14)20-13(2)24/h5-8H,3-4,9-12H2,1-2H3,(H,20,24)(H,21,22,25). The number of hydrogen-bond acceptors (Lipinski definition) is 4. The van der Waals surface area contributed by atoms with Gasteiger partial charge in [0.05, 0.1) is 11.3 Å². The van der Waals surface area contributed by atoms with Crippen LogP contribution >= 0.6 is 0 Å². The van der Waals surface area contributed by atoms with Crippen molar-refractivity contribution in [1.82, 2.24) is 14.9 Å². The second-order valence-electron chi connectivity index (χ2n) is 6.53. The van der Waals surface area contributed by atoms with Gasteiger partial charge >= 0.3 is 0 Å². The number of hydrogen-bond donors (Lipinski definition) is 2. The third-order valence-corrected chi connectivity index (χ3v) is 4.36. The molecule has 2 aromatic rings. The van der Waals surface area contributed by atoms with Crippen molar-refractivity contribution in [3.8, 4) is 0 Å². The molecule has 0 unspecified atom stereocenters. The fourth-order valence-electron chi connectivity index (χ4n) is 3.18. The Kier molecular flexibility index (Phi) is 5.28. The smallest absolute Gasteiger partial charge is 0.255 e. The Morgan fingerprint density at radius 3 is 2.76 bits per heavy atom. The summed E-state index contributed by atoms with van der Waals surface area (Å²) in [7, 11) is 0. The van der Waals surface area contributed by atoms with E-state index in [0.29, 0.717) is 6.54 Å². The Hall–Kier alpha value is -2.47. The lowest BCUT2D eigenvalue weighted by atomic mass is 10.1. The van der Waals surface area contributed by atoms with Crippen LogP contribution in [-0.4, -0.2) is 27.3 Å². The average molecular weight is 340 g/mol. The number of nitrogens with one attached hydrogen (secondary N) is 2. The molecule has 0 fully saturated rings. The van der Waals surface area contributed by atoms with Gasteiger partial charge in [-0.3, -0.25) is 14.5 Å². The third kappa shape index (κ3) is 4.33. The van der Waals surface area contributed by atoms with E-state index in [1.165, 1.54) is 6.92 Å². The number of carbonyl (C=O) groups is 1. The Bertz CT molecular complexity index is 811. The number of aromatic nitrogens is 2. The highest BCUT2D eigenvalue weighted by Gasteiger charge is 2.21. The first-order valence-corrected chi connectivity index (χ1v) is 8.75. The van der Waals surface area contributed by atoms with Crippen LogP contribution in [0.25, 0.3) is 0 Å². The van der Waals surface area contributed by atoms with Crippen molar-refractivity contribution in [3.63, 3.8) is 0 Å². The summed E-state index contributed by atoms with van der Waals surface area (Å²) in [6.45, 7) is 5.87. The molecule has 0 saturated carbocycles. The Morgan fingerprint density at radius 2 is 2.08 bits per heavy atom. The second-order valence-corrected chi connectivity index (χ2v) is 6.53. The highest BCUT2D eigenvalue weighted by molar-refractivity contribution is 5.88. The van der Waals surface area contributed by atoms with Gasteiger partial charge in [0.15, 0.2) is 0 Å². The van der Waals surface area contributed by atoms with E-state index in [9.17, 15) is 9.59 Å². The minimum Gasteiger partial charge on any atom is -0.326 e. The number of aromatic amines is 1. The molecule has 132 valence electrons. The molecule has 6 nitrogen and oxygen atoms in total. The van der Waals surface area contributed by atoms with E-state index in [2.05, 4.69) is 27.1 Å². The van der Waals surface area contributed by atoms with Gasteiger partial charge < -0.3 is 10.3 Å². The van der Waals surface area contributed by atoms with Crippen LogP contribution in [0.2, 0.25) is 0 Å². The molecule has 3 rings (SSSR count). The summed E-state index contributed by atoms with van der Waals surface area (Å²) < 4.78 is 0. The Morgan fingerprint density at radius 1 is 1.32 bits per heavy atom. The van der Waals surface area contributed by atoms with E-state index in [-0.39, 0.29) is 11.5 Å². The van der Waals surface area contributed by atoms with Crippen LogP contribution in [0.4, 0.5) is 5.69 Å². The highest BCUT2D eigenvalue weighted by Crippen LogP contribution is 2.18. The third-order valence-electron chi connectivity index (χ3n) is 4.36. The highest BCUT2D eigenvalue weighted by atomic mass is 16.1. The number of H-pyrrole nitrogens is 1. The zero-order chi connectivity index (χ0) is 17.8. The van der Waals surface area contributed by atoms with E-state index in [1.54, 1.807) is 0 Å². The average Bonchev–Trinajstić information content (AvgIpc) is 2.57. The Labute approximate surface area is 147 Å². The number of fused-ring (bicyclic) bond motifs is 1. The molecule has 2 N–H and O–H groups in total. The summed E-state index contributed by atoms with van der Waals surface area (Å²) >= 11 is 0. The lowest BCUT2D eigenvalue weighted by Crippen LogP contribution is -2.35. The van der Waals surface area contributed by atoms with Crippen LogP contribution in [0.15, 0.2) is 29.1 Å². The van der Waals surface area contributed by atoms with E-state index in [4.69, 9.17) is 0 Å². The van der Waals surface area contributed by atoms with Gasteiger partial charge in [-0.1, -0.05) is 19.1 Å². The summed E-state index contributed by atoms with van der Waals surface area (Å²) in [6.07, 6.45) is 2.59. The van der Waals surface area contributed by atoms with E-state index in [0.717, 1.165) is 60.7 Å². The molecule has 1 aromatic heterocycles. The molecular formula is C19H24N4O2. The van der Waals surface area contributed by atoms with E-state index in [1.807, 2.05) is 24.3 Å². The first-order valence-electron chi connectivity index (χ1n) is 8.75. The summed E-state index contributed by atoms with van der Waals surface area (Å²) in [4.78, 5) is 33.2. The van der Waals surface area contributed by atoms with Gasteiger partial charge in [0.1, 0.15) is 5.82 Å². The maximum atomic E-state index is 12.3. The van der Waals surface area contributed by atoms with Gasteiger partial charge in [-0.2, -0.15) is 0 Å². The monoisotopic (exact) mass is 340 g/mol. The molecule has 6 heteroatoms. The molecule has 1 aliphatic rings. The minimum atomic E-state index is -0.0745. The molecule has 1 aromatic carbocycles. The van der Waals surface area contributed by atoms with Crippen LogP contribution in [0.5, 0.6) is 0 Å². The van der Waals surface area contributed by atoms with Crippen molar-refractivity contribution < 1.29 is 4.79 Å². The normalized spacial score (nSPS) is 14.2. The molecule has 0 spiro atoms. The Balaban J connectivity index is 1.68. The topological polar surface area (TPSA) is 78.1 Å². The second kappa shape index (κ2) is 7.61. The van der Waals surface area contributed by atoms with Crippen molar-refractivity contribution >= 4 is 11.6 Å². The molecule has 0 bridgehead atoms. The van der Waals surface area contributed by atoms with Crippen LogP contribution in [0.3, 0.4) is 0 Å². The van der Waals surface area contributed by atoms with Crippen LogP contribution in [-0.2, 0) is 30.7 Å². The maximum absolute atomic E-state index is 12.3. The lowest BCUT2D eigenvalue weighted by molar-refractivity contribution is -0.114. The number of benzene rings is 1. The van der Waals surface area contributed by atoms with Crippen LogP contribution < -0.4 is 10.9 Å². The lowest BCUT2D eigenvalue weighted by Gasteiger charge is -2.27. The van der Waals surface area contributed by atoms with Gasteiger partial charge in [0.25, 0.3) is 5.56 Å². The number of amides is 1. The number of nitrogens with zero attached hydrogens (tertiary/aromatic N) is 2. The van der Waals surface area contributed by atoms with Gasteiger partial charge in [0.2, 0.25) is 5.91 Å². The molecule has 0 radical (unpaired) electrons. The SMILES string of the molecule is CCCc1nc2c(c(=O)[nH]1)CN(Cc1ccc(NC(C)=O)cc1)CC2. The molecule has 2 heterocycles. The van der Waals surface area contributed by atoms with Gasteiger partial charge in [0, 0.05) is 45.1 Å². The first-order chi connectivity index (χ1) is 12.0.